The van der Waals surface area contributed by atoms with Crippen LogP contribution in [0.1, 0.15) is 25.7 Å². The van der Waals surface area contributed by atoms with Crippen LogP contribution < -0.4 is 0 Å². The second-order valence-electron chi connectivity index (χ2n) is 3.46. The monoisotopic (exact) mass is 195 g/mol. The molecule has 1 rings (SSSR count). The largest absolute Gasteiger partial charge is 0.417 e. The van der Waals surface area contributed by atoms with E-state index in [1.165, 1.54) is 0 Å². The lowest BCUT2D eigenvalue weighted by atomic mass is 9.81. The van der Waals surface area contributed by atoms with Crippen LogP contribution in [0.2, 0.25) is 0 Å². The molecule has 1 aliphatic rings. The van der Waals surface area contributed by atoms with Gasteiger partial charge in [-0.3, -0.25) is 4.99 Å². The Morgan fingerprint density at radius 3 is 2.54 bits per heavy atom. The molecular formula is C8H12F3NO. The molecule has 0 amide bonds. The molecule has 2 unspecified atom stereocenters. The van der Waals surface area contributed by atoms with E-state index in [0.29, 0.717) is 12.8 Å². The van der Waals surface area contributed by atoms with Gasteiger partial charge in [-0.15, -0.1) is 0 Å². The molecule has 1 aliphatic carbocycles. The summed E-state index contributed by atoms with van der Waals surface area (Å²) in [6, 6.07) is -0.458. The normalized spacial score (nSPS) is 35.8. The maximum atomic E-state index is 12.3. The van der Waals surface area contributed by atoms with Crippen molar-refractivity contribution in [3.8, 4) is 0 Å². The Labute approximate surface area is 74.5 Å². The fourth-order valence-electron chi connectivity index (χ4n) is 1.64. The molecule has 0 aliphatic heterocycles. The Hall–Kier alpha value is -0.580. The van der Waals surface area contributed by atoms with E-state index in [2.05, 4.69) is 11.7 Å². The van der Waals surface area contributed by atoms with Crippen molar-refractivity contribution in [3.63, 3.8) is 0 Å². The number of nitrogens with zero attached hydrogens (tertiary/aromatic N) is 1. The number of aliphatic imine (C=N–C) groups is 1. The van der Waals surface area contributed by atoms with E-state index in [-0.39, 0.29) is 12.8 Å². The summed E-state index contributed by atoms with van der Waals surface area (Å²) in [6.45, 7) is 3.20. The first kappa shape index (κ1) is 10.5. The van der Waals surface area contributed by atoms with E-state index < -0.39 is 17.8 Å². The highest BCUT2D eigenvalue weighted by molar-refractivity contribution is 5.24. The van der Waals surface area contributed by atoms with Gasteiger partial charge in [0.15, 0.2) is 5.60 Å². The van der Waals surface area contributed by atoms with Crippen molar-refractivity contribution >= 4 is 6.72 Å². The maximum Gasteiger partial charge on any atom is 0.417 e. The van der Waals surface area contributed by atoms with E-state index in [4.69, 9.17) is 0 Å². The first-order valence-corrected chi connectivity index (χ1v) is 4.14. The summed E-state index contributed by atoms with van der Waals surface area (Å²) in [5, 5.41) is 9.30. The van der Waals surface area contributed by atoms with Crippen molar-refractivity contribution in [1.29, 1.82) is 0 Å². The van der Waals surface area contributed by atoms with Gasteiger partial charge < -0.3 is 5.11 Å². The predicted molar refractivity (Wildman–Crippen MR) is 42.8 cm³/mol. The van der Waals surface area contributed by atoms with Crippen molar-refractivity contribution in [2.24, 2.45) is 4.99 Å². The standard InChI is InChI=1S/C8H12F3NO/c1-12-6-3-2-4-7(13,5-6)8(9,10)11/h6,13H,1-5H2. The highest BCUT2D eigenvalue weighted by atomic mass is 19.4. The SMILES string of the molecule is C=NC1CCCC(O)(C(F)(F)F)C1. The Bertz CT molecular complexity index is 204. The Balaban J connectivity index is 2.73. The number of aliphatic hydroxyl groups is 1. The quantitative estimate of drug-likeness (QED) is 0.637. The zero-order chi connectivity index (χ0) is 10.1. The smallest absolute Gasteiger partial charge is 0.380 e. The zero-order valence-corrected chi connectivity index (χ0v) is 7.14. The summed E-state index contributed by atoms with van der Waals surface area (Å²) in [5.74, 6) is 0. The first-order chi connectivity index (χ1) is 5.89. The summed E-state index contributed by atoms with van der Waals surface area (Å²) in [5.41, 5.74) is -2.54. The molecule has 1 saturated carbocycles. The number of hydrogen-bond acceptors (Lipinski definition) is 2. The molecule has 0 spiro atoms. The Morgan fingerprint density at radius 2 is 2.08 bits per heavy atom. The van der Waals surface area contributed by atoms with Crippen LogP contribution in [-0.4, -0.2) is 29.6 Å². The average molecular weight is 195 g/mol. The van der Waals surface area contributed by atoms with Crippen LogP contribution in [0.4, 0.5) is 13.2 Å². The lowest BCUT2D eigenvalue weighted by Gasteiger charge is -2.36. The van der Waals surface area contributed by atoms with Crippen molar-refractivity contribution in [2.45, 2.75) is 43.5 Å². The Morgan fingerprint density at radius 1 is 1.46 bits per heavy atom. The molecule has 0 radical (unpaired) electrons. The second kappa shape index (κ2) is 3.29. The summed E-state index contributed by atoms with van der Waals surface area (Å²) < 4.78 is 37.0. The fourth-order valence-corrected chi connectivity index (χ4v) is 1.64. The van der Waals surface area contributed by atoms with Crippen molar-refractivity contribution in [1.82, 2.24) is 0 Å². The van der Waals surface area contributed by atoms with E-state index in [9.17, 15) is 18.3 Å². The van der Waals surface area contributed by atoms with Gasteiger partial charge in [-0.2, -0.15) is 13.2 Å². The third-order valence-electron chi connectivity index (χ3n) is 2.49. The van der Waals surface area contributed by atoms with E-state index in [1.54, 1.807) is 0 Å². The minimum atomic E-state index is -4.55. The van der Waals surface area contributed by atoms with Crippen molar-refractivity contribution in [2.75, 3.05) is 0 Å². The topological polar surface area (TPSA) is 32.6 Å². The maximum absolute atomic E-state index is 12.3. The molecule has 2 nitrogen and oxygen atoms in total. The van der Waals surface area contributed by atoms with Crippen LogP contribution in [0.25, 0.3) is 0 Å². The molecule has 5 heteroatoms. The third kappa shape index (κ3) is 2.02. The molecule has 0 aromatic carbocycles. The highest BCUT2D eigenvalue weighted by Crippen LogP contribution is 2.41. The highest BCUT2D eigenvalue weighted by Gasteiger charge is 2.55. The molecule has 0 bridgehead atoms. The van der Waals surface area contributed by atoms with Crippen LogP contribution in [0.3, 0.4) is 0 Å². The van der Waals surface area contributed by atoms with Gasteiger partial charge in [0.05, 0.1) is 6.04 Å². The van der Waals surface area contributed by atoms with E-state index in [1.807, 2.05) is 0 Å². The van der Waals surface area contributed by atoms with Crippen LogP contribution in [0, 0.1) is 0 Å². The molecule has 13 heavy (non-hydrogen) atoms. The first-order valence-electron chi connectivity index (χ1n) is 4.14. The lowest BCUT2D eigenvalue weighted by molar-refractivity contribution is -0.270. The van der Waals surface area contributed by atoms with Gasteiger partial charge in [-0.05, 0) is 26.0 Å². The lowest BCUT2D eigenvalue weighted by Crippen LogP contribution is -2.49. The van der Waals surface area contributed by atoms with Gasteiger partial charge in [0.1, 0.15) is 0 Å². The van der Waals surface area contributed by atoms with Crippen LogP contribution >= 0.6 is 0 Å². The van der Waals surface area contributed by atoms with Crippen molar-refractivity contribution < 1.29 is 18.3 Å². The fraction of sp³-hybridized carbons (Fsp3) is 0.875. The molecule has 2 atom stereocenters. The van der Waals surface area contributed by atoms with Gasteiger partial charge >= 0.3 is 6.18 Å². The van der Waals surface area contributed by atoms with Gasteiger partial charge in [-0.1, -0.05) is 0 Å². The van der Waals surface area contributed by atoms with Gasteiger partial charge in [0.2, 0.25) is 0 Å². The number of alkyl halides is 3. The number of rotatable bonds is 1. The van der Waals surface area contributed by atoms with Crippen LogP contribution in [-0.2, 0) is 0 Å². The predicted octanol–water partition coefficient (Wildman–Crippen LogP) is 1.92. The number of halogens is 3. The molecular weight excluding hydrogens is 183 g/mol. The Kier molecular flexibility index (Phi) is 2.66. The summed E-state index contributed by atoms with van der Waals surface area (Å²) in [7, 11) is 0. The summed E-state index contributed by atoms with van der Waals surface area (Å²) in [4.78, 5) is 3.55. The molecule has 0 aromatic heterocycles. The van der Waals surface area contributed by atoms with Crippen LogP contribution in [0.5, 0.6) is 0 Å². The van der Waals surface area contributed by atoms with E-state index >= 15 is 0 Å². The molecule has 0 heterocycles. The summed E-state index contributed by atoms with van der Waals surface area (Å²) in [6.07, 6.45) is -4.18. The number of hydrogen-bond donors (Lipinski definition) is 1. The third-order valence-corrected chi connectivity index (χ3v) is 2.49. The second-order valence-corrected chi connectivity index (χ2v) is 3.46. The summed E-state index contributed by atoms with van der Waals surface area (Å²) >= 11 is 0. The van der Waals surface area contributed by atoms with Gasteiger partial charge in [0.25, 0.3) is 0 Å². The average Bonchev–Trinajstić information content (AvgIpc) is 2.02. The molecule has 1 N–H and O–H groups in total. The van der Waals surface area contributed by atoms with E-state index in [0.717, 1.165) is 0 Å². The van der Waals surface area contributed by atoms with Gasteiger partial charge in [0, 0.05) is 6.42 Å². The van der Waals surface area contributed by atoms with Gasteiger partial charge in [-0.25, -0.2) is 0 Å². The van der Waals surface area contributed by atoms with Crippen LogP contribution in [0.15, 0.2) is 4.99 Å². The minimum absolute atomic E-state index is 0.220. The minimum Gasteiger partial charge on any atom is -0.380 e. The molecule has 0 aromatic rings. The molecule has 1 fully saturated rings. The molecule has 76 valence electrons. The molecule has 0 saturated heterocycles. The zero-order valence-electron chi connectivity index (χ0n) is 7.14. The van der Waals surface area contributed by atoms with Crippen molar-refractivity contribution in [3.05, 3.63) is 0 Å².